The first-order valence-corrected chi connectivity index (χ1v) is 11.9. The third kappa shape index (κ3) is 6.85. The number of benzene rings is 2. The third-order valence-corrected chi connectivity index (χ3v) is 6.18. The van der Waals surface area contributed by atoms with Crippen molar-refractivity contribution in [3.63, 3.8) is 0 Å². The van der Waals surface area contributed by atoms with E-state index in [1.807, 2.05) is 30.3 Å². The van der Waals surface area contributed by atoms with Gasteiger partial charge in [0.2, 0.25) is 0 Å². The van der Waals surface area contributed by atoms with Crippen LogP contribution in [0.15, 0.2) is 42.5 Å². The zero-order valence-corrected chi connectivity index (χ0v) is 19.8. The van der Waals surface area contributed by atoms with E-state index in [4.69, 9.17) is 28.3 Å². The first kappa shape index (κ1) is 24.3. The smallest absolute Gasteiger partial charge is 0.303 e. The van der Waals surface area contributed by atoms with Gasteiger partial charge in [0.05, 0.1) is 0 Å². The molecule has 0 aliphatic carbocycles. The van der Waals surface area contributed by atoms with Crippen molar-refractivity contribution in [2.45, 2.75) is 58.3 Å². The summed E-state index contributed by atoms with van der Waals surface area (Å²) in [5.74, 6) is -1.13. The molecule has 170 valence electrons. The Labute approximate surface area is 198 Å². The standard InChI is InChI=1S/C26H29Cl2NO3/c1-17(14-25(31)32)13-24(30)26-21-16-20(28)11-12-22(21)29-23(26)10-5-3-2-4-7-18-8-6-9-19(27)15-18/h6,8-9,11-12,15-17,29H,2-5,7,10,13-14H2,1H3,(H,31,32)/t17-/m0/s1. The molecule has 0 unspecified atom stereocenters. The van der Waals surface area contributed by atoms with E-state index in [0.717, 1.165) is 60.1 Å². The summed E-state index contributed by atoms with van der Waals surface area (Å²) in [5.41, 5.74) is 3.73. The van der Waals surface area contributed by atoms with Gasteiger partial charge >= 0.3 is 5.97 Å². The topological polar surface area (TPSA) is 70.2 Å². The average Bonchev–Trinajstić information content (AvgIpc) is 3.07. The summed E-state index contributed by atoms with van der Waals surface area (Å²) in [6.07, 6.45) is 6.23. The summed E-state index contributed by atoms with van der Waals surface area (Å²) < 4.78 is 0. The molecule has 3 rings (SSSR count). The van der Waals surface area contributed by atoms with E-state index in [9.17, 15) is 9.59 Å². The van der Waals surface area contributed by atoms with E-state index < -0.39 is 5.97 Å². The second kappa shape index (κ2) is 11.5. The number of aromatic nitrogens is 1. The molecule has 0 bridgehead atoms. The Morgan fingerprint density at radius 1 is 0.938 bits per heavy atom. The largest absolute Gasteiger partial charge is 0.481 e. The summed E-state index contributed by atoms with van der Waals surface area (Å²) in [7, 11) is 0. The second-order valence-electron chi connectivity index (χ2n) is 8.54. The van der Waals surface area contributed by atoms with Gasteiger partial charge in [-0.15, -0.1) is 0 Å². The van der Waals surface area contributed by atoms with E-state index >= 15 is 0 Å². The van der Waals surface area contributed by atoms with Crippen molar-refractivity contribution in [2.75, 3.05) is 0 Å². The molecule has 32 heavy (non-hydrogen) atoms. The van der Waals surface area contributed by atoms with Crippen LogP contribution in [-0.2, 0) is 17.6 Å². The first-order valence-electron chi connectivity index (χ1n) is 11.1. The molecule has 4 nitrogen and oxygen atoms in total. The van der Waals surface area contributed by atoms with Crippen molar-refractivity contribution < 1.29 is 14.7 Å². The van der Waals surface area contributed by atoms with Gasteiger partial charge in [-0.2, -0.15) is 0 Å². The highest BCUT2D eigenvalue weighted by molar-refractivity contribution is 6.31. The number of carboxylic acid groups (broad SMARTS) is 1. The highest BCUT2D eigenvalue weighted by Gasteiger charge is 2.21. The molecular weight excluding hydrogens is 445 g/mol. The number of aromatic amines is 1. The predicted octanol–water partition coefficient (Wildman–Crippen LogP) is 7.50. The lowest BCUT2D eigenvalue weighted by molar-refractivity contribution is -0.137. The number of hydrogen-bond donors (Lipinski definition) is 2. The van der Waals surface area contributed by atoms with Gasteiger partial charge in [-0.1, -0.05) is 55.1 Å². The SMILES string of the molecule is C[C@H](CC(=O)O)CC(=O)c1c(CCCCCCc2cccc(Cl)c2)[nH]c2ccc(Cl)cc12. The number of H-pyrrole nitrogens is 1. The quantitative estimate of drug-likeness (QED) is 0.211. The van der Waals surface area contributed by atoms with E-state index in [2.05, 4.69) is 11.1 Å². The van der Waals surface area contributed by atoms with Gasteiger partial charge < -0.3 is 10.1 Å². The highest BCUT2D eigenvalue weighted by atomic mass is 35.5. The van der Waals surface area contributed by atoms with Gasteiger partial charge in [0.25, 0.3) is 0 Å². The number of rotatable bonds is 12. The lowest BCUT2D eigenvalue weighted by Gasteiger charge is -2.09. The van der Waals surface area contributed by atoms with Crippen LogP contribution in [-0.4, -0.2) is 21.8 Å². The summed E-state index contributed by atoms with van der Waals surface area (Å²) >= 11 is 12.2. The maximum Gasteiger partial charge on any atom is 0.303 e. The maximum atomic E-state index is 13.1. The van der Waals surface area contributed by atoms with Crippen LogP contribution in [0, 0.1) is 5.92 Å². The Balaban J connectivity index is 1.62. The minimum atomic E-state index is -0.884. The fourth-order valence-electron chi connectivity index (χ4n) is 4.19. The summed E-state index contributed by atoms with van der Waals surface area (Å²) in [6.45, 7) is 1.80. The number of aryl methyl sites for hydroxylation is 2. The number of fused-ring (bicyclic) bond motifs is 1. The Bertz CT molecular complexity index is 1090. The zero-order valence-electron chi connectivity index (χ0n) is 18.3. The summed E-state index contributed by atoms with van der Waals surface area (Å²) in [6, 6.07) is 13.5. The number of halogens is 2. The van der Waals surface area contributed by atoms with Crippen LogP contribution in [0.4, 0.5) is 0 Å². The lowest BCUT2D eigenvalue weighted by atomic mass is 9.94. The number of ketones is 1. The Kier molecular flexibility index (Phi) is 8.77. The van der Waals surface area contributed by atoms with Gasteiger partial charge in [-0.05, 0) is 67.5 Å². The van der Waals surface area contributed by atoms with E-state index in [-0.39, 0.29) is 24.5 Å². The predicted molar refractivity (Wildman–Crippen MR) is 131 cm³/mol. The molecule has 2 aromatic carbocycles. The molecule has 6 heteroatoms. The van der Waals surface area contributed by atoms with Gasteiger partial charge in [0.15, 0.2) is 5.78 Å². The number of nitrogens with one attached hydrogen (secondary N) is 1. The van der Waals surface area contributed by atoms with Crippen molar-refractivity contribution >= 4 is 45.9 Å². The van der Waals surface area contributed by atoms with Crippen molar-refractivity contribution in [3.05, 3.63) is 69.3 Å². The highest BCUT2D eigenvalue weighted by Crippen LogP contribution is 2.29. The Hall–Kier alpha value is -2.30. The minimum Gasteiger partial charge on any atom is -0.481 e. The van der Waals surface area contributed by atoms with Gasteiger partial charge in [-0.25, -0.2) is 0 Å². The number of unbranched alkanes of at least 4 members (excludes halogenated alkanes) is 3. The number of carboxylic acids is 1. The van der Waals surface area contributed by atoms with Crippen LogP contribution in [0.2, 0.25) is 10.0 Å². The van der Waals surface area contributed by atoms with Crippen LogP contribution < -0.4 is 0 Å². The van der Waals surface area contributed by atoms with Crippen molar-refractivity contribution in [2.24, 2.45) is 5.92 Å². The van der Waals surface area contributed by atoms with Crippen molar-refractivity contribution in [1.82, 2.24) is 4.98 Å². The van der Waals surface area contributed by atoms with Gasteiger partial charge in [0, 0.05) is 45.0 Å². The number of carbonyl (C=O) groups is 2. The molecule has 1 heterocycles. The van der Waals surface area contributed by atoms with Crippen LogP contribution >= 0.6 is 23.2 Å². The number of hydrogen-bond acceptors (Lipinski definition) is 2. The Morgan fingerprint density at radius 2 is 1.66 bits per heavy atom. The normalized spacial score (nSPS) is 12.2. The molecule has 1 atom stereocenters. The van der Waals surface area contributed by atoms with Crippen molar-refractivity contribution in [3.8, 4) is 0 Å². The number of aliphatic carboxylic acids is 1. The fraction of sp³-hybridized carbons (Fsp3) is 0.385. The maximum absolute atomic E-state index is 13.1. The monoisotopic (exact) mass is 473 g/mol. The minimum absolute atomic E-state index is 0.0171. The molecule has 0 saturated heterocycles. The second-order valence-corrected chi connectivity index (χ2v) is 9.42. The first-order chi connectivity index (χ1) is 15.3. The molecule has 0 fully saturated rings. The van der Waals surface area contributed by atoms with Crippen molar-refractivity contribution in [1.29, 1.82) is 0 Å². The number of carbonyl (C=O) groups excluding carboxylic acids is 1. The molecule has 0 saturated carbocycles. The van der Waals surface area contributed by atoms with E-state index in [1.165, 1.54) is 5.56 Å². The third-order valence-electron chi connectivity index (χ3n) is 5.71. The van der Waals surface area contributed by atoms with E-state index in [1.54, 1.807) is 13.0 Å². The molecule has 1 aromatic heterocycles. The molecule has 0 radical (unpaired) electrons. The molecule has 0 spiro atoms. The van der Waals surface area contributed by atoms with Gasteiger partial charge in [-0.3, -0.25) is 9.59 Å². The number of Topliss-reactive ketones (excluding diaryl/α,β-unsaturated/α-hetero) is 1. The molecule has 0 aliphatic rings. The summed E-state index contributed by atoms with van der Waals surface area (Å²) in [5, 5.41) is 11.2. The zero-order chi connectivity index (χ0) is 23.1. The molecule has 2 N–H and O–H groups in total. The Morgan fingerprint density at radius 3 is 2.38 bits per heavy atom. The van der Waals surface area contributed by atoms with E-state index in [0.29, 0.717) is 10.6 Å². The average molecular weight is 474 g/mol. The lowest BCUT2D eigenvalue weighted by Crippen LogP contribution is -2.11. The van der Waals surface area contributed by atoms with Crippen LogP contribution in [0.25, 0.3) is 10.9 Å². The van der Waals surface area contributed by atoms with Crippen LogP contribution in [0.3, 0.4) is 0 Å². The van der Waals surface area contributed by atoms with Gasteiger partial charge in [0.1, 0.15) is 0 Å². The molecular formula is C26H29Cl2NO3. The summed E-state index contributed by atoms with van der Waals surface area (Å²) in [4.78, 5) is 27.5. The molecule has 0 amide bonds. The molecule has 0 aliphatic heterocycles. The fourth-order valence-corrected chi connectivity index (χ4v) is 4.58. The van der Waals surface area contributed by atoms with Crippen LogP contribution in [0.1, 0.15) is 67.1 Å². The molecule has 3 aromatic rings. The van der Waals surface area contributed by atoms with Crippen LogP contribution in [0.5, 0.6) is 0 Å².